The minimum absolute atomic E-state index is 0.121. The molecule has 0 atom stereocenters. The summed E-state index contributed by atoms with van der Waals surface area (Å²) in [5.41, 5.74) is 3.93. The van der Waals surface area contributed by atoms with Crippen molar-refractivity contribution in [2.24, 2.45) is 0 Å². The molecule has 0 bridgehead atoms. The number of rotatable bonds is 7. The number of nitrogens with zero attached hydrogens (tertiary/aromatic N) is 2. The van der Waals surface area contributed by atoms with Gasteiger partial charge in [0.05, 0.1) is 0 Å². The number of benzene rings is 1. The lowest BCUT2D eigenvalue weighted by atomic mass is 10.1. The average Bonchev–Trinajstić information content (AvgIpc) is 3.30. The number of hydrogen-bond acceptors (Lipinski definition) is 3. The molecule has 2 aromatic rings. The third kappa shape index (κ3) is 4.20. The summed E-state index contributed by atoms with van der Waals surface area (Å²) in [7, 11) is 2.10. The number of aromatic amines is 1. The molecule has 0 saturated heterocycles. The Balaban J connectivity index is 1.56. The second-order valence-electron chi connectivity index (χ2n) is 6.32. The summed E-state index contributed by atoms with van der Waals surface area (Å²) in [6, 6.07) is 10.2. The summed E-state index contributed by atoms with van der Waals surface area (Å²) in [4.78, 5) is 14.4. The lowest BCUT2D eigenvalue weighted by Crippen LogP contribution is -2.23. The predicted molar refractivity (Wildman–Crippen MR) is 90.2 cm³/mol. The van der Waals surface area contributed by atoms with Crippen molar-refractivity contribution < 1.29 is 4.79 Å². The van der Waals surface area contributed by atoms with Gasteiger partial charge in [0.15, 0.2) is 0 Å². The zero-order valence-electron chi connectivity index (χ0n) is 13.8. The Labute approximate surface area is 137 Å². The summed E-state index contributed by atoms with van der Waals surface area (Å²) in [6.07, 6.45) is 2.39. The number of carbonyl (C=O) groups is 1. The molecule has 5 nitrogen and oxygen atoms in total. The number of hydrogen-bond donors (Lipinski definition) is 2. The van der Waals surface area contributed by atoms with Crippen molar-refractivity contribution >= 4 is 5.91 Å². The van der Waals surface area contributed by atoms with Crippen LogP contribution in [-0.2, 0) is 13.1 Å². The fraction of sp³-hybridized carbons (Fsp3) is 0.444. The zero-order valence-corrected chi connectivity index (χ0v) is 13.8. The Morgan fingerprint density at radius 2 is 2.13 bits per heavy atom. The SMILES string of the molecule is CCN(C)Cc1cccc(CNC(=O)c2cc(C3CC3)[nH]n2)c1. The van der Waals surface area contributed by atoms with Crippen LogP contribution in [0.1, 0.15) is 53.0 Å². The van der Waals surface area contributed by atoms with E-state index in [1.807, 2.05) is 18.2 Å². The van der Waals surface area contributed by atoms with E-state index in [0.29, 0.717) is 18.2 Å². The Hall–Kier alpha value is -2.14. The van der Waals surface area contributed by atoms with Crippen LogP contribution >= 0.6 is 0 Å². The van der Waals surface area contributed by atoms with Gasteiger partial charge < -0.3 is 10.2 Å². The Bertz CT molecular complexity index is 675. The monoisotopic (exact) mass is 312 g/mol. The lowest BCUT2D eigenvalue weighted by molar-refractivity contribution is 0.0946. The van der Waals surface area contributed by atoms with Crippen LogP contribution in [0.4, 0.5) is 0 Å². The van der Waals surface area contributed by atoms with Crippen LogP contribution in [0.2, 0.25) is 0 Å². The van der Waals surface area contributed by atoms with Gasteiger partial charge in [-0.1, -0.05) is 31.2 Å². The van der Waals surface area contributed by atoms with E-state index in [1.165, 1.54) is 18.4 Å². The van der Waals surface area contributed by atoms with Gasteiger partial charge in [0.2, 0.25) is 0 Å². The van der Waals surface area contributed by atoms with Crippen molar-refractivity contribution in [2.75, 3.05) is 13.6 Å². The summed E-state index contributed by atoms with van der Waals surface area (Å²) < 4.78 is 0. The van der Waals surface area contributed by atoms with Crippen molar-refractivity contribution in [3.05, 3.63) is 52.8 Å². The fourth-order valence-corrected chi connectivity index (χ4v) is 2.59. The van der Waals surface area contributed by atoms with Gasteiger partial charge >= 0.3 is 0 Å². The Morgan fingerprint density at radius 3 is 2.87 bits per heavy atom. The molecule has 0 unspecified atom stereocenters. The Morgan fingerprint density at radius 1 is 1.35 bits per heavy atom. The van der Waals surface area contributed by atoms with E-state index >= 15 is 0 Å². The van der Waals surface area contributed by atoms with Gasteiger partial charge in [-0.05, 0) is 43.6 Å². The standard InChI is InChI=1S/C18H24N4O/c1-3-22(2)12-14-6-4-5-13(9-14)11-19-18(23)17-10-16(20-21-17)15-7-8-15/h4-6,9-10,15H,3,7-8,11-12H2,1-2H3,(H,19,23)(H,20,21). The molecule has 5 heteroatoms. The molecule has 1 heterocycles. The topological polar surface area (TPSA) is 61.0 Å². The van der Waals surface area contributed by atoms with Crippen molar-refractivity contribution in [1.82, 2.24) is 20.4 Å². The summed E-state index contributed by atoms with van der Waals surface area (Å²) >= 11 is 0. The van der Waals surface area contributed by atoms with Crippen LogP contribution in [0.15, 0.2) is 30.3 Å². The molecule has 23 heavy (non-hydrogen) atoms. The second-order valence-corrected chi connectivity index (χ2v) is 6.32. The first-order chi connectivity index (χ1) is 11.2. The highest BCUT2D eigenvalue weighted by Gasteiger charge is 2.26. The third-order valence-corrected chi connectivity index (χ3v) is 4.28. The molecule has 1 aromatic heterocycles. The predicted octanol–water partition coefficient (Wildman–Crippen LogP) is 2.67. The zero-order chi connectivity index (χ0) is 16.2. The summed E-state index contributed by atoms with van der Waals surface area (Å²) in [5.74, 6) is 0.459. The molecule has 1 fully saturated rings. The van der Waals surface area contributed by atoms with Gasteiger partial charge in [-0.2, -0.15) is 5.10 Å². The fourth-order valence-electron chi connectivity index (χ4n) is 2.59. The molecular weight excluding hydrogens is 288 g/mol. The highest BCUT2D eigenvalue weighted by Crippen LogP contribution is 2.38. The van der Waals surface area contributed by atoms with Crippen LogP contribution in [0, 0.1) is 0 Å². The average molecular weight is 312 g/mol. The molecule has 0 spiro atoms. The first-order valence-corrected chi connectivity index (χ1v) is 8.25. The second kappa shape index (κ2) is 6.96. The van der Waals surface area contributed by atoms with E-state index in [0.717, 1.165) is 24.3 Å². The molecule has 2 N–H and O–H groups in total. The number of nitrogens with one attached hydrogen (secondary N) is 2. The van der Waals surface area contributed by atoms with Crippen LogP contribution in [-0.4, -0.2) is 34.6 Å². The van der Waals surface area contributed by atoms with Crippen LogP contribution < -0.4 is 5.32 Å². The normalized spacial score (nSPS) is 14.2. The highest BCUT2D eigenvalue weighted by molar-refractivity contribution is 5.92. The van der Waals surface area contributed by atoms with Crippen LogP contribution in [0.5, 0.6) is 0 Å². The molecule has 1 saturated carbocycles. The molecule has 3 rings (SSSR count). The van der Waals surface area contributed by atoms with E-state index in [9.17, 15) is 4.79 Å². The lowest BCUT2D eigenvalue weighted by Gasteiger charge is -2.14. The Kier molecular flexibility index (Phi) is 4.76. The summed E-state index contributed by atoms with van der Waals surface area (Å²) in [6.45, 7) is 4.60. The van der Waals surface area contributed by atoms with Crippen LogP contribution in [0.25, 0.3) is 0 Å². The van der Waals surface area contributed by atoms with Gasteiger partial charge in [-0.15, -0.1) is 0 Å². The quantitative estimate of drug-likeness (QED) is 0.826. The molecule has 122 valence electrons. The highest BCUT2D eigenvalue weighted by atomic mass is 16.1. The van der Waals surface area contributed by atoms with E-state index in [1.54, 1.807) is 0 Å². The van der Waals surface area contributed by atoms with Gasteiger partial charge in [0.1, 0.15) is 5.69 Å². The molecule has 1 aliphatic rings. The van der Waals surface area contributed by atoms with Crippen molar-refractivity contribution in [3.8, 4) is 0 Å². The number of aromatic nitrogens is 2. The van der Waals surface area contributed by atoms with E-state index in [4.69, 9.17) is 0 Å². The van der Waals surface area contributed by atoms with Crippen molar-refractivity contribution in [2.45, 2.75) is 38.8 Å². The van der Waals surface area contributed by atoms with Crippen LogP contribution in [0.3, 0.4) is 0 Å². The first-order valence-electron chi connectivity index (χ1n) is 8.25. The van der Waals surface area contributed by atoms with Gasteiger partial charge in [0, 0.05) is 24.7 Å². The van der Waals surface area contributed by atoms with Crippen molar-refractivity contribution in [1.29, 1.82) is 0 Å². The third-order valence-electron chi connectivity index (χ3n) is 4.28. The molecule has 1 aromatic carbocycles. The van der Waals surface area contributed by atoms with E-state index < -0.39 is 0 Å². The molecule has 1 aliphatic carbocycles. The van der Waals surface area contributed by atoms with E-state index in [-0.39, 0.29) is 5.91 Å². The van der Waals surface area contributed by atoms with Crippen molar-refractivity contribution in [3.63, 3.8) is 0 Å². The first kappa shape index (κ1) is 15.7. The van der Waals surface area contributed by atoms with Gasteiger partial charge in [-0.3, -0.25) is 9.89 Å². The number of carbonyl (C=O) groups excluding carboxylic acids is 1. The molecule has 0 aliphatic heterocycles. The maximum absolute atomic E-state index is 12.2. The minimum Gasteiger partial charge on any atom is -0.347 e. The minimum atomic E-state index is -0.121. The molecular formula is C18H24N4O. The van der Waals surface area contributed by atoms with Gasteiger partial charge in [-0.25, -0.2) is 0 Å². The van der Waals surface area contributed by atoms with E-state index in [2.05, 4.69) is 46.5 Å². The largest absolute Gasteiger partial charge is 0.347 e. The maximum Gasteiger partial charge on any atom is 0.272 e. The molecule has 1 amide bonds. The van der Waals surface area contributed by atoms with Gasteiger partial charge in [0.25, 0.3) is 5.91 Å². The number of amides is 1. The molecule has 0 radical (unpaired) electrons. The summed E-state index contributed by atoms with van der Waals surface area (Å²) in [5, 5.41) is 10.0. The smallest absolute Gasteiger partial charge is 0.272 e. The maximum atomic E-state index is 12.2. The number of H-pyrrole nitrogens is 1.